The van der Waals surface area contributed by atoms with E-state index in [-0.39, 0.29) is 0 Å². The third kappa shape index (κ3) is 3.23. The Morgan fingerprint density at radius 3 is 2.74 bits per heavy atom. The van der Waals surface area contributed by atoms with Crippen LogP contribution in [0.5, 0.6) is 0 Å². The summed E-state index contributed by atoms with van der Waals surface area (Å²) < 4.78 is 0. The smallest absolute Gasteiger partial charge is 0.134 e. The Bertz CT molecular complexity index is 510. The van der Waals surface area contributed by atoms with Crippen LogP contribution < -0.4 is 10.6 Å². The molecule has 0 spiro atoms. The Labute approximate surface area is 118 Å². The summed E-state index contributed by atoms with van der Waals surface area (Å²) in [6.07, 6.45) is 3.83. The number of anilines is 2. The third-order valence-corrected chi connectivity index (χ3v) is 4.08. The van der Waals surface area contributed by atoms with Crippen molar-refractivity contribution in [1.82, 2.24) is 9.97 Å². The average Bonchev–Trinajstić information content (AvgIpc) is 2.94. The van der Waals surface area contributed by atoms with Crippen molar-refractivity contribution >= 4 is 23.0 Å². The highest BCUT2D eigenvalue weighted by Crippen LogP contribution is 2.28. The van der Waals surface area contributed by atoms with E-state index in [1.165, 1.54) is 4.88 Å². The van der Waals surface area contributed by atoms with Gasteiger partial charge in [-0.1, -0.05) is 19.4 Å². The van der Waals surface area contributed by atoms with E-state index in [1.54, 1.807) is 17.7 Å². The Kier molecular flexibility index (Phi) is 4.74. The zero-order valence-corrected chi connectivity index (χ0v) is 12.4. The molecule has 0 radical (unpaired) electrons. The molecule has 4 nitrogen and oxygen atoms in total. The molecule has 0 aliphatic rings. The van der Waals surface area contributed by atoms with E-state index in [9.17, 15) is 0 Å². The number of hydrogen-bond acceptors (Lipinski definition) is 5. The van der Waals surface area contributed by atoms with Gasteiger partial charge in [0.25, 0.3) is 0 Å². The number of rotatable bonds is 6. The van der Waals surface area contributed by atoms with Crippen LogP contribution in [0.1, 0.15) is 36.2 Å². The second-order valence-corrected chi connectivity index (χ2v) is 5.43. The molecular weight excluding hydrogens is 256 g/mol. The van der Waals surface area contributed by atoms with Gasteiger partial charge in [-0.15, -0.1) is 11.3 Å². The standard InChI is InChI=1S/C14H20N4S/c1-4-6-11(12-7-5-8-19-12)18-14-10(2)13(15-3)16-9-17-14/h5,7-9,11H,4,6H2,1-3H3,(H2,15,16,17,18). The van der Waals surface area contributed by atoms with Crippen molar-refractivity contribution in [3.05, 3.63) is 34.3 Å². The van der Waals surface area contributed by atoms with Crippen LogP contribution in [0.15, 0.2) is 23.8 Å². The summed E-state index contributed by atoms with van der Waals surface area (Å²) in [6, 6.07) is 4.59. The van der Waals surface area contributed by atoms with Gasteiger partial charge in [-0.25, -0.2) is 9.97 Å². The Morgan fingerprint density at radius 2 is 2.11 bits per heavy atom. The SMILES string of the molecule is CCCC(Nc1ncnc(NC)c1C)c1cccs1. The molecular formula is C14H20N4S. The van der Waals surface area contributed by atoms with Crippen LogP contribution in [-0.2, 0) is 0 Å². The van der Waals surface area contributed by atoms with Crippen molar-refractivity contribution in [3.63, 3.8) is 0 Å². The highest BCUT2D eigenvalue weighted by atomic mass is 32.1. The van der Waals surface area contributed by atoms with Crippen molar-refractivity contribution in [2.75, 3.05) is 17.7 Å². The molecule has 0 aromatic carbocycles. The largest absolute Gasteiger partial charge is 0.373 e. The predicted molar refractivity (Wildman–Crippen MR) is 81.9 cm³/mol. The second-order valence-electron chi connectivity index (χ2n) is 4.45. The number of nitrogens with zero attached hydrogens (tertiary/aromatic N) is 2. The first-order valence-corrected chi connectivity index (χ1v) is 7.43. The lowest BCUT2D eigenvalue weighted by Gasteiger charge is -2.19. The zero-order chi connectivity index (χ0) is 13.7. The van der Waals surface area contributed by atoms with Gasteiger partial charge in [0, 0.05) is 17.5 Å². The molecule has 2 rings (SSSR count). The highest BCUT2D eigenvalue weighted by Gasteiger charge is 2.14. The Morgan fingerprint density at radius 1 is 1.32 bits per heavy atom. The summed E-state index contributed by atoms with van der Waals surface area (Å²) in [4.78, 5) is 9.93. The van der Waals surface area contributed by atoms with Gasteiger partial charge >= 0.3 is 0 Å². The monoisotopic (exact) mass is 276 g/mol. The first-order chi connectivity index (χ1) is 9.26. The van der Waals surface area contributed by atoms with E-state index in [2.05, 4.69) is 45.0 Å². The normalized spacial score (nSPS) is 12.2. The average molecular weight is 276 g/mol. The van der Waals surface area contributed by atoms with Crippen LogP contribution in [0.25, 0.3) is 0 Å². The van der Waals surface area contributed by atoms with E-state index in [0.717, 1.165) is 30.0 Å². The molecule has 0 saturated heterocycles. The third-order valence-electron chi connectivity index (χ3n) is 3.10. The number of aromatic nitrogens is 2. The summed E-state index contributed by atoms with van der Waals surface area (Å²) in [5.74, 6) is 1.78. The van der Waals surface area contributed by atoms with Crippen LogP contribution >= 0.6 is 11.3 Å². The molecule has 0 amide bonds. The van der Waals surface area contributed by atoms with E-state index >= 15 is 0 Å². The first-order valence-electron chi connectivity index (χ1n) is 6.55. The Balaban J connectivity index is 2.22. The van der Waals surface area contributed by atoms with Crippen molar-refractivity contribution < 1.29 is 0 Å². The van der Waals surface area contributed by atoms with E-state index in [0.29, 0.717) is 6.04 Å². The first kappa shape index (κ1) is 13.8. The fraction of sp³-hybridized carbons (Fsp3) is 0.429. The molecule has 5 heteroatoms. The lowest BCUT2D eigenvalue weighted by molar-refractivity contribution is 0.683. The van der Waals surface area contributed by atoms with Gasteiger partial charge in [0.2, 0.25) is 0 Å². The van der Waals surface area contributed by atoms with Gasteiger partial charge in [-0.05, 0) is 24.8 Å². The van der Waals surface area contributed by atoms with Gasteiger partial charge in [0.15, 0.2) is 0 Å². The summed E-state index contributed by atoms with van der Waals surface area (Å²) in [6.45, 7) is 4.24. The molecule has 2 aromatic heterocycles. The lowest BCUT2D eigenvalue weighted by Crippen LogP contribution is -2.12. The highest BCUT2D eigenvalue weighted by molar-refractivity contribution is 7.10. The van der Waals surface area contributed by atoms with Gasteiger partial charge < -0.3 is 10.6 Å². The summed E-state index contributed by atoms with van der Waals surface area (Å²) in [5, 5.41) is 8.75. The minimum atomic E-state index is 0.323. The van der Waals surface area contributed by atoms with E-state index in [4.69, 9.17) is 0 Å². The number of thiophene rings is 1. The second kappa shape index (κ2) is 6.52. The van der Waals surface area contributed by atoms with Gasteiger partial charge in [0.05, 0.1) is 6.04 Å². The summed E-state index contributed by atoms with van der Waals surface area (Å²) >= 11 is 1.78. The minimum absolute atomic E-state index is 0.323. The van der Waals surface area contributed by atoms with E-state index < -0.39 is 0 Å². The van der Waals surface area contributed by atoms with Crippen LogP contribution in [0.3, 0.4) is 0 Å². The molecule has 19 heavy (non-hydrogen) atoms. The zero-order valence-electron chi connectivity index (χ0n) is 11.6. The van der Waals surface area contributed by atoms with Crippen molar-refractivity contribution in [1.29, 1.82) is 0 Å². The van der Waals surface area contributed by atoms with Crippen LogP contribution in [0, 0.1) is 6.92 Å². The Hall–Kier alpha value is -1.62. The van der Waals surface area contributed by atoms with Gasteiger partial charge in [-0.3, -0.25) is 0 Å². The molecule has 0 aliphatic heterocycles. The summed E-state index contributed by atoms with van der Waals surface area (Å²) in [7, 11) is 1.88. The number of hydrogen-bond donors (Lipinski definition) is 2. The molecule has 1 unspecified atom stereocenters. The molecule has 0 saturated carbocycles. The van der Waals surface area contributed by atoms with Crippen molar-refractivity contribution in [3.8, 4) is 0 Å². The molecule has 2 aromatic rings. The molecule has 0 fully saturated rings. The number of nitrogens with one attached hydrogen (secondary N) is 2. The summed E-state index contributed by atoms with van der Waals surface area (Å²) in [5.41, 5.74) is 1.06. The topological polar surface area (TPSA) is 49.8 Å². The lowest BCUT2D eigenvalue weighted by atomic mass is 10.1. The van der Waals surface area contributed by atoms with Gasteiger partial charge in [-0.2, -0.15) is 0 Å². The maximum Gasteiger partial charge on any atom is 0.134 e. The van der Waals surface area contributed by atoms with Crippen molar-refractivity contribution in [2.24, 2.45) is 0 Å². The fourth-order valence-corrected chi connectivity index (χ4v) is 2.89. The molecule has 2 N–H and O–H groups in total. The van der Waals surface area contributed by atoms with Gasteiger partial charge in [0.1, 0.15) is 18.0 Å². The fourth-order valence-electron chi connectivity index (χ4n) is 2.08. The van der Waals surface area contributed by atoms with Crippen LogP contribution in [0.2, 0.25) is 0 Å². The van der Waals surface area contributed by atoms with Crippen molar-refractivity contribution in [2.45, 2.75) is 32.7 Å². The molecule has 0 bridgehead atoms. The van der Waals surface area contributed by atoms with Crippen LogP contribution in [-0.4, -0.2) is 17.0 Å². The van der Waals surface area contributed by atoms with E-state index in [1.807, 2.05) is 14.0 Å². The maximum absolute atomic E-state index is 4.36. The quantitative estimate of drug-likeness (QED) is 0.841. The maximum atomic E-state index is 4.36. The minimum Gasteiger partial charge on any atom is -0.373 e. The molecule has 0 aliphatic carbocycles. The molecule has 1 atom stereocenters. The predicted octanol–water partition coefficient (Wildman–Crippen LogP) is 3.84. The van der Waals surface area contributed by atoms with Crippen LogP contribution in [0.4, 0.5) is 11.6 Å². The molecule has 102 valence electrons. The molecule has 2 heterocycles.